The Morgan fingerprint density at radius 2 is 1.60 bits per heavy atom. The molecule has 3 N–H and O–H groups in total. The van der Waals surface area contributed by atoms with Gasteiger partial charge in [-0.25, -0.2) is 4.79 Å². The Labute approximate surface area is 239 Å². The second-order valence-electron chi connectivity index (χ2n) is 11.3. The normalized spacial score (nSPS) is 13.6. The second-order valence-corrected chi connectivity index (χ2v) is 11.3. The van der Waals surface area contributed by atoms with Crippen LogP contribution < -0.4 is 10.6 Å². The highest BCUT2D eigenvalue weighted by Gasteiger charge is 2.38. The molecule has 220 valence electrons. The highest BCUT2D eigenvalue weighted by atomic mass is 16.6. The molecule has 40 heavy (non-hydrogen) atoms. The predicted octanol–water partition coefficient (Wildman–Crippen LogP) is 6.10. The van der Waals surface area contributed by atoms with Crippen molar-refractivity contribution in [2.75, 3.05) is 6.54 Å². The number of nitrogens with one attached hydrogen (secondary N) is 2. The van der Waals surface area contributed by atoms with Crippen molar-refractivity contribution in [1.29, 1.82) is 0 Å². The highest BCUT2D eigenvalue weighted by molar-refractivity contribution is 5.92. The monoisotopic (exact) mass is 553 g/mol. The summed E-state index contributed by atoms with van der Waals surface area (Å²) >= 11 is 0. The minimum Gasteiger partial charge on any atom is -0.508 e. The number of carbonyl (C=O) groups is 3. The zero-order chi connectivity index (χ0) is 29.7. The van der Waals surface area contributed by atoms with E-state index >= 15 is 0 Å². The first kappa shape index (κ1) is 32.7. The van der Waals surface area contributed by atoms with Crippen LogP contribution in [0.2, 0.25) is 0 Å². The number of carbonyl (C=O) groups excluding carboxylic acids is 3. The lowest BCUT2D eigenvalue weighted by Gasteiger charge is -2.36. The summed E-state index contributed by atoms with van der Waals surface area (Å²) in [5.41, 5.74) is 0.511. The fourth-order valence-corrected chi connectivity index (χ4v) is 4.42. The number of alkyl carbamates (subject to hydrolysis) is 1. The predicted molar refractivity (Wildman–Crippen MR) is 158 cm³/mol. The zero-order valence-electron chi connectivity index (χ0n) is 24.9. The van der Waals surface area contributed by atoms with Crippen LogP contribution in [0.15, 0.2) is 54.6 Å². The van der Waals surface area contributed by atoms with Gasteiger partial charge in [0.1, 0.15) is 23.4 Å². The maximum atomic E-state index is 14.3. The summed E-state index contributed by atoms with van der Waals surface area (Å²) in [6.45, 7) is 11.8. The fraction of sp³-hybridized carbons (Fsp3) is 0.531. The van der Waals surface area contributed by atoms with Gasteiger partial charge in [-0.15, -0.1) is 0 Å². The van der Waals surface area contributed by atoms with Gasteiger partial charge in [-0.1, -0.05) is 95.0 Å². The van der Waals surface area contributed by atoms with Crippen molar-refractivity contribution in [3.63, 3.8) is 0 Å². The molecule has 0 spiro atoms. The third-order valence-corrected chi connectivity index (χ3v) is 6.79. The van der Waals surface area contributed by atoms with E-state index < -0.39 is 29.7 Å². The van der Waals surface area contributed by atoms with E-state index in [-0.39, 0.29) is 24.1 Å². The van der Waals surface area contributed by atoms with Crippen molar-refractivity contribution >= 4 is 17.9 Å². The van der Waals surface area contributed by atoms with E-state index in [2.05, 4.69) is 17.6 Å². The van der Waals surface area contributed by atoms with E-state index in [1.54, 1.807) is 39.0 Å². The van der Waals surface area contributed by atoms with E-state index in [1.807, 2.05) is 44.2 Å². The number of unbranched alkanes of at least 4 members (excludes halogenated alkanes) is 3. The molecule has 0 saturated carbocycles. The summed E-state index contributed by atoms with van der Waals surface area (Å²) in [6.07, 6.45) is 3.50. The molecule has 2 aromatic carbocycles. The summed E-state index contributed by atoms with van der Waals surface area (Å²) in [5, 5.41) is 16.6. The van der Waals surface area contributed by atoms with Crippen molar-refractivity contribution < 1.29 is 24.2 Å². The van der Waals surface area contributed by atoms with E-state index in [0.29, 0.717) is 24.9 Å². The maximum Gasteiger partial charge on any atom is 0.408 e. The van der Waals surface area contributed by atoms with E-state index in [9.17, 15) is 19.5 Å². The number of hydrogen-bond acceptors (Lipinski definition) is 5. The number of phenols is 1. The molecule has 0 aliphatic carbocycles. The lowest BCUT2D eigenvalue weighted by atomic mass is 9.95. The molecule has 0 radical (unpaired) electrons. The van der Waals surface area contributed by atoms with Crippen LogP contribution in [-0.4, -0.2) is 46.1 Å². The lowest BCUT2D eigenvalue weighted by molar-refractivity contribution is -0.143. The van der Waals surface area contributed by atoms with Gasteiger partial charge in [0.2, 0.25) is 11.8 Å². The molecule has 3 unspecified atom stereocenters. The van der Waals surface area contributed by atoms with Crippen LogP contribution in [-0.2, 0) is 20.9 Å². The topological polar surface area (TPSA) is 108 Å². The van der Waals surface area contributed by atoms with Gasteiger partial charge in [-0.3, -0.25) is 9.59 Å². The molecule has 0 heterocycles. The third kappa shape index (κ3) is 10.2. The summed E-state index contributed by atoms with van der Waals surface area (Å²) < 4.78 is 5.47. The quantitative estimate of drug-likeness (QED) is 0.245. The molecular weight excluding hydrogens is 506 g/mol. The highest BCUT2D eigenvalue weighted by Crippen LogP contribution is 2.31. The minimum atomic E-state index is -1.09. The molecule has 8 nitrogen and oxygen atoms in total. The largest absolute Gasteiger partial charge is 0.508 e. The van der Waals surface area contributed by atoms with Gasteiger partial charge in [-0.05, 0) is 44.7 Å². The molecule has 2 aromatic rings. The molecule has 2 rings (SSSR count). The molecule has 0 aliphatic heterocycles. The molecule has 0 aliphatic rings. The zero-order valence-corrected chi connectivity index (χ0v) is 24.9. The number of rotatable bonds is 14. The van der Waals surface area contributed by atoms with Crippen molar-refractivity contribution in [2.24, 2.45) is 5.92 Å². The van der Waals surface area contributed by atoms with Gasteiger partial charge in [0.25, 0.3) is 0 Å². The summed E-state index contributed by atoms with van der Waals surface area (Å²) in [5.74, 6) is -1.10. The van der Waals surface area contributed by atoms with E-state index in [4.69, 9.17) is 4.74 Å². The van der Waals surface area contributed by atoms with Crippen LogP contribution in [0.5, 0.6) is 5.75 Å². The molecule has 0 saturated heterocycles. The van der Waals surface area contributed by atoms with Crippen molar-refractivity contribution in [3.05, 3.63) is 65.7 Å². The number of hydrogen-bond donors (Lipinski definition) is 3. The van der Waals surface area contributed by atoms with Crippen LogP contribution in [0.3, 0.4) is 0 Å². The summed E-state index contributed by atoms with van der Waals surface area (Å²) in [4.78, 5) is 42.4. The van der Waals surface area contributed by atoms with Crippen LogP contribution in [0, 0.1) is 5.92 Å². The molecule has 8 heteroatoms. The van der Waals surface area contributed by atoms with Gasteiger partial charge in [0.15, 0.2) is 0 Å². The molecule has 3 atom stereocenters. The molecule has 0 bridgehead atoms. The lowest BCUT2D eigenvalue weighted by Crippen LogP contribution is -2.55. The molecule has 3 amide bonds. The summed E-state index contributed by atoms with van der Waals surface area (Å²) in [6, 6.07) is 14.1. The van der Waals surface area contributed by atoms with Crippen LogP contribution >= 0.6 is 0 Å². The number of nitrogens with zero attached hydrogens (tertiary/aromatic N) is 1. The van der Waals surface area contributed by atoms with Crippen LogP contribution in [0.25, 0.3) is 0 Å². The number of aromatic hydroxyl groups is 1. The smallest absolute Gasteiger partial charge is 0.408 e. The third-order valence-electron chi connectivity index (χ3n) is 6.79. The molecule has 0 fully saturated rings. The Morgan fingerprint density at radius 1 is 0.950 bits per heavy atom. The number of ether oxygens (including phenoxy) is 1. The average Bonchev–Trinajstić information content (AvgIpc) is 2.91. The first-order valence-electron chi connectivity index (χ1n) is 14.4. The Bertz CT molecular complexity index is 1080. The number of phenolic OH excluding ortho intramolecular Hbond substituents is 1. The van der Waals surface area contributed by atoms with Gasteiger partial charge in [0.05, 0.1) is 0 Å². The van der Waals surface area contributed by atoms with Gasteiger partial charge in [-0.2, -0.15) is 0 Å². The molecule has 0 aromatic heterocycles. The van der Waals surface area contributed by atoms with Gasteiger partial charge >= 0.3 is 6.09 Å². The summed E-state index contributed by atoms with van der Waals surface area (Å²) in [7, 11) is 0. The Hall–Kier alpha value is -3.55. The Kier molecular flexibility index (Phi) is 13.0. The van der Waals surface area contributed by atoms with Crippen LogP contribution in [0.4, 0.5) is 4.79 Å². The SMILES string of the molecule is CCCCCCN(C(=O)C(NC(=O)OC(C)(C)C)C(C)CC)C(C(=O)NCc1ccccc1)c1ccccc1O. The van der Waals surface area contributed by atoms with Crippen molar-refractivity contribution in [3.8, 4) is 5.75 Å². The van der Waals surface area contributed by atoms with Crippen molar-refractivity contribution in [2.45, 2.75) is 97.9 Å². The van der Waals surface area contributed by atoms with Crippen molar-refractivity contribution in [1.82, 2.24) is 15.5 Å². The minimum absolute atomic E-state index is 0.0751. The Balaban J connectivity index is 2.50. The fourth-order valence-electron chi connectivity index (χ4n) is 4.42. The Morgan fingerprint density at radius 3 is 2.20 bits per heavy atom. The van der Waals surface area contributed by atoms with Crippen LogP contribution in [0.1, 0.15) is 90.8 Å². The van der Waals surface area contributed by atoms with Gasteiger partial charge in [0, 0.05) is 18.7 Å². The second kappa shape index (κ2) is 15.9. The first-order valence-corrected chi connectivity index (χ1v) is 14.4. The first-order chi connectivity index (χ1) is 19.0. The molecular formula is C32H47N3O5. The number of amides is 3. The average molecular weight is 554 g/mol. The van der Waals surface area contributed by atoms with Gasteiger partial charge < -0.3 is 25.4 Å². The maximum absolute atomic E-state index is 14.3. The standard InChI is InChI=1S/C32H47N3O5/c1-7-9-10-16-21-35(30(38)27(23(3)8-2)34-31(39)40-32(4,5)6)28(25-19-14-15-20-26(25)36)29(37)33-22-24-17-12-11-13-18-24/h11-15,17-20,23,27-28,36H,7-10,16,21-22H2,1-6H3,(H,33,37)(H,34,39). The van der Waals surface area contributed by atoms with E-state index in [0.717, 1.165) is 24.8 Å². The van der Waals surface area contributed by atoms with E-state index in [1.165, 1.54) is 11.0 Å². The number of para-hydroxylation sites is 1. The number of benzene rings is 2.